The molecule has 38 heavy (non-hydrogen) atoms. The maximum absolute atomic E-state index is 12.8. The van der Waals surface area contributed by atoms with Gasteiger partial charge < -0.3 is 20.5 Å². The van der Waals surface area contributed by atoms with E-state index in [2.05, 4.69) is 33.2 Å². The third kappa shape index (κ3) is 6.38. The number of aryl methyl sites for hydroxylation is 1. The summed E-state index contributed by atoms with van der Waals surface area (Å²) in [5.41, 5.74) is 3.36. The number of imide groups is 1. The molecule has 4 amide bonds. The number of hydrogen-bond acceptors (Lipinski definition) is 5. The lowest BCUT2D eigenvalue weighted by atomic mass is 10.1. The highest BCUT2D eigenvalue weighted by Gasteiger charge is 2.35. The number of aromatic carboxylic acids is 1. The van der Waals surface area contributed by atoms with Crippen molar-refractivity contribution >= 4 is 58.2 Å². The fourth-order valence-corrected chi connectivity index (χ4v) is 4.49. The van der Waals surface area contributed by atoms with Crippen molar-refractivity contribution in [3.05, 3.63) is 98.3 Å². The number of carboxylic acids is 1. The first-order valence-electron chi connectivity index (χ1n) is 11.7. The van der Waals surface area contributed by atoms with Gasteiger partial charge >= 0.3 is 12.0 Å². The van der Waals surface area contributed by atoms with E-state index in [1.54, 1.807) is 48.5 Å². The van der Waals surface area contributed by atoms with E-state index < -0.39 is 30.4 Å². The molecular formula is C28H24IN3O6. The second-order valence-electron chi connectivity index (χ2n) is 8.42. The Labute approximate surface area is 232 Å². The number of rotatable bonds is 9. The van der Waals surface area contributed by atoms with Gasteiger partial charge in [0, 0.05) is 5.69 Å². The number of carbonyl (C=O) groups is 4. The van der Waals surface area contributed by atoms with E-state index in [0.717, 1.165) is 26.0 Å². The van der Waals surface area contributed by atoms with Gasteiger partial charge in [0.05, 0.1) is 9.13 Å². The Hall–Kier alpha value is -4.19. The van der Waals surface area contributed by atoms with Crippen LogP contribution in [-0.4, -0.2) is 40.4 Å². The van der Waals surface area contributed by atoms with Crippen LogP contribution in [0.2, 0.25) is 0 Å². The van der Waals surface area contributed by atoms with Crippen LogP contribution in [0.5, 0.6) is 5.75 Å². The zero-order chi connectivity index (χ0) is 27.2. The number of para-hydroxylation sites is 1. The molecule has 9 nitrogen and oxygen atoms in total. The third-order valence-corrected chi connectivity index (χ3v) is 6.64. The molecule has 1 heterocycles. The van der Waals surface area contributed by atoms with E-state index in [1.807, 2.05) is 19.1 Å². The summed E-state index contributed by atoms with van der Waals surface area (Å²) in [6, 6.07) is 18.4. The molecule has 1 saturated heterocycles. The number of halogens is 1. The molecule has 0 aromatic heterocycles. The number of urea groups is 1. The van der Waals surface area contributed by atoms with Crippen molar-refractivity contribution in [1.82, 2.24) is 10.2 Å². The molecule has 0 unspecified atom stereocenters. The van der Waals surface area contributed by atoms with Gasteiger partial charge in [-0.15, -0.1) is 0 Å². The monoisotopic (exact) mass is 625 g/mol. The molecule has 0 radical (unpaired) electrons. The summed E-state index contributed by atoms with van der Waals surface area (Å²) in [5, 5.41) is 14.3. The average molecular weight is 625 g/mol. The SMILES string of the molecule is CCc1ccccc1NC(=O)CN1C(=O)N/C(=C/c2ccc(OCc3ccc(C(=O)O)cc3)c(I)c2)C1=O. The van der Waals surface area contributed by atoms with Gasteiger partial charge in [-0.1, -0.05) is 43.3 Å². The van der Waals surface area contributed by atoms with Crippen LogP contribution in [0.3, 0.4) is 0 Å². The fourth-order valence-electron chi connectivity index (χ4n) is 3.79. The number of carboxylic acid groups (broad SMARTS) is 1. The predicted molar refractivity (Wildman–Crippen MR) is 150 cm³/mol. The summed E-state index contributed by atoms with van der Waals surface area (Å²) in [7, 11) is 0. The van der Waals surface area contributed by atoms with E-state index in [-0.39, 0.29) is 17.9 Å². The summed E-state index contributed by atoms with van der Waals surface area (Å²) < 4.78 is 6.63. The van der Waals surface area contributed by atoms with Gasteiger partial charge in [-0.25, -0.2) is 14.5 Å². The molecule has 0 saturated carbocycles. The van der Waals surface area contributed by atoms with Crippen LogP contribution >= 0.6 is 22.6 Å². The van der Waals surface area contributed by atoms with Crippen molar-refractivity contribution in [2.24, 2.45) is 0 Å². The van der Waals surface area contributed by atoms with Crippen molar-refractivity contribution in [2.45, 2.75) is 20.0 Å². The molecule has 0 atom stereocenters. The van der Waals surface area contributed by atoms with E-state index in [1.165, 1.54) is 12.1 Å². The van der Waals surface area contributed by atoms with Gasteiger partial charge in [0.15, 0.2) is 0 Å². The minimum atomic E-state index is -0.988. The molecule has 194 valence electrons. The highest BCUT2D eigenvalue weighted by Crippen LogP contribution is 2.25. The van der Waals surface area contributed by atoms with Crippen LogP contribution in [0, 0.1) is 3.57 Å². The van der Waals surface area contributed by atoms with Crippen LogP contribution in [0.25, 0.3) is 6.08 Å². The molecular weight excluding hydrogens is 601 g/mol. The molecule has 4 rings (SSSR count). The zero-order valence-corrected chi connectivity index (χ0v) is 22.5. The highest BCUT2D eigenvalue weighted by molar-refractivity contribution is 14.1. The number of nitrogens with zero attached hydrogens (tertiary/aromatic N) is 1. The lowest BCUT2D eigenvalue weighted by Gasteiger charge is -2.13. The summed E-state index contributed by atoms with van der Waals surface area (Å²) in [6.45, 7) is 1.82. The molecule has 1 aliphatic heterocycles. The number of carbonyl (C=O) groups excluding carboxylic acids is 3. The number of anilines is 1. The topological polar surface area (TPSA) is 125 Å². The molecule has 10 heteroatoms. The van der Waals surface area contributed by atoms with Gasteiger partial charge in [-0.3, -0.25) is 9.59 Å². The Balaban J connectivity index is 1.39. The summed E-state index contributed by atoms with van der Waals surface area (Å²) >= 11 is 2.11. The van der Waals surface area contributed by atoms with Gasteiger partial charge in [0.2, 0.25) is 5.91 Å². The molecule has 3 aromatic rings. The van der Waals surface area contributed by atoms with Gasteiger partial charge in [-0.2, -0.15) is 0 Å². The summed E-state index contributed by atoms with van der Waals surface area (Å²) in [6.07, 6.45) is 2.27. The van der Waals surface area contributed by atoms with Crippen LogP contribution in [0.1, 0.15) is 34.0 Å². The molecule has 0 aliphatic carbocycles. The van der Waals surface area contributed by atoms with Crippen molar-refractivity contribution in [3.8, 4) is 5.75 Å². The minimum absolute atomic E-state index is 0.0692. The molecule has 1 aliphatic rings. The zero-order valence-electron chi connectivity index (χ0n) is 20.4. The second kappa shape index (κ2) is 11.9. The van der Waals surface area contributed by atoms with Crippen molar-refractivity contribution in [1.29, 1.82) is 0 Å². The molecule has 0 spiro atoms. The van der Waals surface area contributed by atoms with Crippen LogP contribution in [-0.2, 0) is 22.6 Å². The Bertz CT molecular complexity index is 1430. The second-order valence-corrected chi connectivity index (χ2v) is 9.58. The number of hydrogen-bond donors (Lipinski definition) is 3. The summed E-state index contributed by atoms with van der Waals surface area (Å²) in [4.78, 5) is 49.6. The molecule has 3 aromatic carbocycles. The van der Waals surface area contributed by atoms with Gasteiger partial charge in [0.1, 0.15) is 24.6 Å². The Morgan fingerprint density at radius 3 is 2.50 bits per heavy atom. The highest BCUT2D eigenvalue weighted by atomic mass is 127. The van der Waals surface area contributed by atoms with Crippen molar-refractivity contribution in [2.75, 3.05) is 11.9 Å². The van der Waals surface area contributed by atoms with Gasteiger partial charge in [-0.05, 0) is 82.1 Å². The van der Waals surface area contributed by atoms with Crippen LogP contribution in [0.15, 0.2) is 72.4 Å². The first kappa shape index (κ1) is 26.9. The quantitative estimate of drug-likeness (QED) is 0.181. The fraction of sp³-hybridized carbons (Fsp3) is 0.143. The lowest BCUT2D eigenvalue weighted by molar-refractivity contribution is -0.127. The molecule has 1 fully saturated rings. The van der Waals surface area contributed by atoms with Crippen molar-refractivity contribution < 1.29 is 29.0 Å². The molecule has 3 N–H and O–H groups in total. The normalized spacial score (nSPS) is 13.9. The largest absolute Gasteiger partial charge is 0.488 e. The van der Waals surface area contributed by atoms with E-state index in [9.17, 15) is 19.2 Å². The minimum Gasteiger partial charge on any atom is -0.488 e. The molecule has 0 bridgehead atoms. The van der Waals surface area contributed by atoms with E-state index >= 15 is 0 Å². The first-order valence-corrected chi connectivity index (χ1v) is 12.8. The Morgan fingerprint density at radius 2 is 1.82 bits per heavy atom. The predicted octanol–water partition coefficient (Wildman–Crippen LogP) is 4.66. The maximum Gasteiger partial charge on any atom is 0.335 e. The Kier molecular flexibility index (Phi) is 8.41. The number of benzene rings is 3. The van der Waals surface area contributed by atoms with E-state index in [0.29, 0.717) is 17.0 Å². The van der Waals surface area contributed by atoms with Crippen LogP contribution in [0.4, 0.5) is 10.5 Å². The van der Waals surface area contributed by atoms with Crippen LogP contribution < -0.4 is 15.4 Å². The Morgan fingerprint density at radius 1 is 1.08 bits per heavy atom. The summed E-state index contributed by atoms with van der Waals surface area (Å²) in [5.74, 6) is -1.43. The number of amides is 4. The smallest absolute Gasteiger partial charge is 0.335 e. The van der Waals surface area contributed by atoms with Gasteiger partial charge in [0.25, 0.3) is 5.91 Å². The van der Waals surface area contributed by atoms with Crippen molar-refractivity contribution in [3.63, 3.8) is 0 Å². The van der Waals surface area contributed by atoms with E-state index in [4.69, 9.17) is 9.84 Å². The maximum atomic E-state index is 12.8. The lowest BCUT2D eigenvalue weighted by Crippen LogP contribution is -2.38. The number of ether oxygens (including phenoxy) is 1. The first-order chi connectivity index (χ1) is 18.2. The standard InChI is InChI=1S/C28H24IN3O6/c1-2-19-5-3-4-6-22(19)30-25(33)15-32-26(34)23(31-28(32)37)14-18-9-12-24(21(29)13-18)38-16-17-7-10-20(11-8-17)27(35)36/h3-14H,2,15-16H2,1H3,(H,30,33)(H,31,37)(H,35,36)/b23-14+. The third-order valence-electron chi connectivity index (χ3n) is 5.80. The number of nitrogens with one attached hydrogen (secondary N) is 2. The average Bonchev–Trinajstić information content (AvgIpc) is 3.16.